The van der Waals surface area contributed by atoms with Crippen molar-refractivity contribution in [3.8, 4) is 0 Å². The van der Waals surface area contributed by atoms with Gasteiger partial charge in [0.05, 0.1) is 12.7 Å². The smallest absolute Gasteiger partial charge is 0.237 e. The molecule has 1 saturated heterocycles. The van der Waals surface area contributed by atoms with Crippen LogP contribution in [-0.2, 0) is 4.79 Å². The Morgan fingerprint density at radius 3 is 2.81 bits per heavy atom. The highest BCUT2D eigenvalue weighted by Gasteiger charge is 2.42. The predicted molar refractivity (Wildman–Crippen MR) is 68.5 cm³/mol. The fourth-order valence-corrected chi connectivity index (χ4v) is 3.59. The lowest BCUT2D eigenvalue weighted by molar-refractivity contribution is -0.128. The van der Waals surface area contributed by atoms with Gasteiger partial charge in [0, 0.05) is 11.3 Å². The zero-order valence-electron chi connectivity index (χ0n) is 10.3. The highest BCUT2D eigenvalue weighted by molar-refractivity contribution is 8.00. The van der Waals surface area contributed by atoms with Crippen LogP contribution < -0.4 is 5.32 Å². The van der Waals surface area contributed by atoms with Crippen LogP contribution in [0.1, 0.15) is 39.0 Å². The molecule has 0 aromatic carbocycles. The Labute approximate surface area is 102 Å². The van der Waals surface area contributed by atoms with Crippen molar-refractivity contribution in [2.75, 3.05) is 19.3 Å². The Morgan fingerprint density at radius 2 is 2.31 bits per heavy atom. The standard InChI is InChI=1S/C12H22N2OS/c1-3-5-10-13-8-11(15)14(10)9-12(16-2)6-4-7-12/h10,13H,3-9H2,1-2H3. The molecule has 1 unspecified atom stereocenters. The van der Waals surface area contributed by atoms with Gasteiger partial charge >= 0.3 is 0 Å². The quantitative estimate of drug-likeness (QED) is 0.798. The van der Waals surface area contributed by atoms with Crippen molar-refractivity contribution >= 4 is 17.7 Å². The van der Waals surface area contributed by atoms with Crippen molar-refractivity contribution < 1.29 is 4.79 Å². The average Bonchev–Trinajstić information content (AvgIpc) is 2.55. The molecule has 0 bridgehead atoms. The van der Waals surface area contributed by atoms with Gasteiger partial charge in [-0.3, -0.25) is 10.1 Å². The third-order valence-electron chi connectivity index (χ3n) is 3.90. The van der Waals surface area contributed by atoms with Crippen molar-refractivity contribution in [3.63, 3.8) is 0 Å². The lowest BCUT2D eigenvalue weighted by atomic mass is 9.83. The SMILES string of the molecule is CCCC1NCC(=O)N1CC1(SC)CCC1. The van der Waals surface area contributed by atoms with E-state index in [-0.39, 0.29) is 0 Å². The second kappa shape index (κ2) is 4.96. The highest BCUT2D eigenvalue weighted by Crippen LogP contribution is 2.43. The lowest BCUT2D eigenvalue weighted by Gasteiger charge is -2.44. The van der Waals surface area contributed by atoms with E-state index >= 15 is 0 Å². The third-order valence-corrected chi connectivity index (χ3v) is 5.31. The van der Waals surface area contributed by atoms with Crippen LogP contribution in [0.15, 0.2) is 0 Å². The van der Waals surface area contributed by atoms with Crippen LogP contribution in [-0.4, -0.2) is 41.1 Å². The molecule has 1 amide bonds. The van der Waals surface area contributed by atoms with Gasteiger partial charge in [-0.1, -0.05) is 19.8 Å². The van der Waals surface area contributed by atoms with E-state index in [1.54, 1.807) is 0 Å². The first-order valence-electron chi connectivity index (χ1n) is 6.29. The molecule has 1 aliphatic carbocycles. The van der Waals surface area contributed by atoms with Crippen molar-refractivity contribution in [1.29, 1.82) is 0 Å². The number of nitrogens with zero attached hydrogens (tertiary/aromatic N) is 1. The molecular weight excluding hydrogens is 220 g/mol. The minimum absolute atomic E-state index is 0.291. The zero-order valence-corrected chi connectivity index (χ0v) is 11.1. The van der Waals surface area contributed by atoms with Gasteiger partial charge in [-0.15, -0.1) is 0 Å². The molecule has 0 aromatic heterocycles. The van der Waals surface area contributed by atoms with Crippen LogP contribution in [0.5, 0.6) is 0 Å². The van der Waals surface area contributed by atoms with Crippen molar-refractivity contribution in [2.24, 2.45) is 0 Å². The summed E-state index contributed by atoms with van der Waals surface area (Å²) in [6, 6.07) is 0. The van der Waals surface area contributed by atoms with Crippen LogP contribution in [0, 0.1) is 0 Å². The number of carbonyl (C=O) groups is 1. The molecule has 1 aliphatic heterocycles. The molecule has 16 heavy (non-hydrogen) atoms. The van der Waals surface area contributed by atoms with Gasteiger partial charge in [0.2, 0.25) is 5.91 Å². The summed E-state index contributed by atoms with van der Waals surface area (Å²) >= 11 is 1.95. The summed E-state index contributed by atoms with van der Waals surface area (Å²) in [6.45, 7) is 3.66. The molecular formula is C12H22N2OS. The van der Waals surface area contributed by atoms with Gasteiger partial charge in [-0.05, 0) is 25.5 Å². The molecule has 0 radical (unpaired) electrons. The number of hydrogen-bond acceptors (Lipinski definition) is 3. The second-order valence-electron chi connectivity index (χ2n) is 4.95. The van der Waals surface area contributed by atoms with Gasteiger partial charge in [-0.25, -0.2) is 0 Å². The fourth-order valence-electron chi connectivity index (χ4n) is 2.63. The Morgan fingerprint density at radius 1 is 1.56 bits per heavy atom. The molecule has 0 aromatic rings. The van der Waals surface area contributed by atoms with Crippen molar-refractivity contribution in [1.82, 2.24) is 10.2 Å². The summed E-state index contributed by atoms with van der Waals surface area (Å²) in [5.41, 5.74) is 0. The maximum atomic E-state index is 11.8. The summed E-state index contributed by atoms with van der Waals surface area (Å²) in [4.78, 5) is 13.9. The van der Waals surface area contributed by atoms with Crippen LogP contribution in [0.4, 0.5) is 0 Å². The monoisotopic (exact) mass is 242 g/mol. The number of thioether (sulfide) groups is 1. The summed E-state index contributed by atoms with van der Waals surface area (Å²) < 4.78 is 0.369. The first kappa shape index (κ1) is 12.2. The molecule has 3 nitrogen and oxygen atoms in total. The summed E-state index contributed by atoms with van der Waals surface area (Å²) in [5.74, 6) is 0.291. The molecule has 1 atom stereocenters. The molecule has 2 aliphatic rings. The van der Waals surface area contributed by atoms with Crippen molar-refractivity contribution in [3.05, 3.63) is 0 Å². The Kier molecular flexibility index (Phi) is 3.80. The summed E-state index contributed by atoms with van der Waals surface area (Å²) in [5, 5.41) is 3.32. The molecule has 4 heteroatoms. The molecule has 92 valence electrons. The zero-order chi connectivity index (χ0) is 11.6. The van der Waals surface area contributed by atoms with E-state index in [0.717, 1.165) is 19.4 Å². The Hall–Kier alpha value is -0.220. The Balaban J connectivity index is 1.97. The van der Waals surface area contributed by atoms with Crippen LogP contribution in [0.25, 0.3) is 0 Å². The van der Waals surface area contributed by atoms with Gasteiger partial charge in [0.1, 0.15) is 0 Å². The van der Waals surface area contributed by atoms with Crippen LogP contribution >= 0.6 is 11.8 Å². The van der Waals surface area contributed by atoms with Crippen LogP contribution in [0.2, 0.25) is 0 Å². The van der Waals surface area contributed by atoms with E-state index in [9.17, 15) is 4.79 Å². The largest absolute Gasteiger partial charge is 0.325 e. The second-order valence-corrected chi connectivity index (χ2v) is 6.22. The first-order valence-corrected chi connectivity index (χ1v) is 7.51. The maximum Gasteiger partial charge on any atom is 0.237 e. The topological polar surface area (TPSA) is 32.3 Å². The normalized spacial score (nSPS) is 28.2. The number of rotatable bonds is 5. The third kappa shape index (κ3) is 2.23. The van der Waals surface area contributed by atoms with E-state index in [0.29, 0.717) is 23.4 Å². The van der Waals surface area contributed by atoms with Crippen LogP contribution in [0.3, 0.4) is 0 Å². The summed E-state index contributed by atoms with van der Waals surface area (Å²) in [6.07, 6.45) is 8.57. The number of carbonyl (C=O) groups excluding carboxylic acids is 1. The number of amides is 1. The molecule has 0 spiro atoms. The van der Waals surface area contributed by atoms with Gasteiger partial charge in [-0.2, -0.15) is 11.8 Å². The minimum atomic E-state index is 0.291. The maximum absolute atomic E-state index is 11.8. The molecule has 1 saturated carbocycles. The highest BCUT2D eigenvalue weighted by atomic mass is 32.2. The van der Waals surface area contributed by atoms with E-state index in [4.69, 9.17) is 0 Å². The number of nitrogens with one attached hydrogen (secondary N) is 1. The molecule has 1 heterocycles. The predicted octanol–water partition coefficient (Wildman–Crippen LogP) is 1.83. The van der Waals surface area contributed by atoms with Gasteiger partial charge in [0.25, 0.3) is 0 Å². The van der Waals surface area contributed by atoms with E-state index in [1.165, 1.54) is 19.3 Å². The van der Waals surface area contributed by atoms with Gasteiger partial charge in [0.15, 0.2) is 0 Å². The molecule has 2 rings (SSSR count). The van der Waals surface area contributed by atoms with E-state index in [2.05, 4.69) is 23.4 Å². The lowest BCUT2D eigenvalue weighted by Crippen LogP contribution is -2.49. The summed E-state index contributed by atoms with van der Waals surface area (Å²) in [7, 11) is 0. The molecule has 1 N–H and O–H groups in total. The fraction of sp³-hybridized carbons (Fsp3) is 0.917. The number of hydrogen-bond donors (Lipinski definition) is 1. The minimum Gasteiger partial charge on any atom is -0.325 e. The van der Waals surface area contributed by atoms with E-state index < -0.39 is 0 Å². The first-order chi connectivity index (χ1) is 7.71. The Bertz CT molecular complexity index is 260. The van der Waals surface area contributed by atoms with Crippen molar-refractivity contribution in [2.45, 2.75) is 49.9 Å². The van der Waals surface area contributed by atoms with E-state index in [1.807, 2.05) is 11.8 Å². The van der Waals surface area contributed by atoms with Gasteiger partial charge < -0.3 is 4.90 Å². The average molecular weight is 242 g/mol. The molecule has 2 fully saturated rings.